The molecule has 0 radical (unpaired) electrons. The van der Waals surface area contributed by atoms with Crippen LogP contribution in [0.1, 0.15) is 37.1 Å². The molecule has 146 valence electrons. The van der Waals surface area contributed by atoms with Crippen molar-refractivity contribution in [2.24, 2.45) is 11.8 Å². The molecule has 2 saturated heterocycles. The molecule has 0 amide bonds. The average Bonchev–Trinajstić information content (AvgIpc) is 3.13. The Bertz CT molecular complexity index is 682. The summed E-state index contributed by atoms with van der Waals surface area (Å²) in [7, 11) is 0. The van der Waals surface area contributed by atoms with Gasteiger partial charge in [-0.3, -0.25) is 4.90 Å². The van der Waals surface area contributed by atoms with E-state index in [0.717, 1.165) is 37.3 Å². The molecule has 5 nitrogen and oxygen atoms in total. The van der Waals surface area contributed by atoms with E-state index >= 15 is 0 Å². The lowest BCUT2D eigenvalue weighted by atomic mass is 9.78. The topological polar surface area (TPSA) is 37.2 Å². The molecular weight excluding hydrogens is 334 g/mol. The lowest BCUT2D eigenvalue weighted by Crippen LogP contribution is -2.41. The SMILES string of the molecule is Cc1nncn1CCN1CCC(C2CCN(Cc3ccccc3)CC2)CC1. The van der Waals surface area contributed by atoms with Crippen LogP contribution in [0.3, 0.4) is 0 Å². The van der Waals surface area contributed by atoms with E-state index in [2.05, 4.69) is 54.9 Å². The summed E-state index contributed by atoms with van der Waals surface area (Å²) >= 11 is 0. The lowest BCUT2D eigenvalue weighted by molar-refractivity contribution is 0.0922. The van der Waals surface area contributed by atoms with Crippen molar-refractivity contribution in [2.75, 3.05) is 32.7 Å². The Balaban J connectivity index is 1.17. The van der Waals surface area contributed by atoms with Crippen LogP contribution in [0.2, 0.25) is 0 Å². The van der Waals surface area contributed by atoms with E-state index in [1.54, 1.807) is 0 Å². The van der Waals surface area contributed by atoms with Crippen molar-refractivity contribution < 1.29 is 0 Å². The molecule has 0 unspecified atom stereocenters. The first-order chi connectivity index (χ1) is 13.3. The molecule has 2 fully saturated rings. The van der Waals surface area contributed by atoms with Crippen LogP contribution >= 0.6 is 0 Å². The van der Waals surface area contributed by atoms with Crippen LogP contribution in [-0.2, 0) is 13.1 Å². The van der Waals surface area contributed by atoms with Gasteiger partial charge in [0.1, 0.15) is 12.2 Å². The second kappa shape index (κ2) is 8.98. The van der Waals surface area contributed by atoms with Gasteiger partial charge in [0.15, 0.2) is 0 Å². The van der Waals surface area contributed by atoms with Crippen molar-refractivity contribution in [1.82, 2.24) is 24.6 Å². The van der Waals surface area contributed by atoms with Gasteiger partial charge >= 0.3 is 0 Å². The number of aryl methyl sites for hydroxylation is 1. The fourth-order valence-corrected chi connectivity index (χ4v) is 4.85. The third kappa shape index (κ3) is 4.96. The summed E-state index contributed by atoms with van der Waals surface area (Å²) in [5, 5.41) is 8.06. The first kappa shape index (κ1) is 18.6. The molecule has 2 aromatic rings. The molecule has 2 aliphatic rings. The fourth-order valence-electron chi connectivity index (χ4n) is 4.85. The molecule has 3 heterocycles. The van der Waals surface area contributed by atoms with Crippen molar-refractivity contribution in [2.45, 2.75) is 45.7 Å². The number of piperidine rings is 2. The highest BCUT2D eigenvalue weighted by Crippen LogP contribution is 2.32. The third-order valence-electron chi connectivity index (χ3n) is 6.65. The summed E-state index contributed by atoms with van der Waals surface area (Å²) in [6.07, 6.45) is 7.38. The quantitative estimate of drug-likeness (QED) is 0.786. The average molecular weight is 368 g/mol. The number of aromatic nitrogens is 3. The Morgan fingerprint density at radius 2 is 1.48 bits per heavy atom. The molecule has 0 spiro atoms. The van der Waals surface area contributed by atoms with E-state index < -0.39 is 0 Å². The predicted octanol–water partition coefficient (Wildman–Crippen LogP) is 3.21. The largest absolute Gasteiger partial charge is 0.317 e. The maximum atomic E-state index is 4.08. The van der Waals surface area contributed by atoms with E-state index in [-0.39, 0.29) is 0 Å². The Labute approximate surface area is 163 Å². The van der Waals surface area contributed by atoms with E-state index in [4.69, 9.17) is 0 Å². The molecule has 2 aliphatic heterocycles. The summed E-state index contributed by atoms with van der Waals surface area (Å²) in [5.74, 6) is 2.91. The highest BCUT2D eigenvalue weighted by Gasteiger charge is 2.29. The van der Waals surface area contributed by atoms with E-state index in [0.29, 0.717) is 0 Å². The zero-order chi connectivity index (χ0) is 18.5. The Morgan fingerprint density at radius 1 is 0.852 bits per heavy atom. The van der Waals surface area contributed by atoms with E-state index in [1.807, 2.05) is 13.3 Å². The second-order valence-corrected chi connectivity index (χ2v) is 8.35. The normalized spacial score (nSPS) is 20.9. The van der Waals surface area contributed by atoms with Crippen LogP contribution in [0, 0.1) is 18.8 Å². The smallest absolute Gasteiger partial charge is 0.129 e. The monoisotopic (exact) mass is 367 g/mol. The molecule has 0 bridgehead atoms. The number of rotatable bonds is 6. The number of benzene rings is 1. The lowest BCUT2D eigenvalue weighted by Gasteiger charge is -2.40. The van der Waals surface area contributed by atoms with Crippen molar-refractivity contribution >= 4 is 0 Å². The van der Waals surface area contributed by atoms with Crippen molar-refractivity contribution in [3.63, 3.8) is 0 Å². The molecule has 5 heteroatoms. The summed E-state index contributed by atoms with van der Waals surface area (Å²) in [6, 6.07) is 10.9. The number of likely N-dealkylation sites (tertiary alicyclic amines) is 2. The molecule has 1 aromatic heterocycles. The predicted molar refractivity (Wildman–Crippen MR) is 108 cm³/mol. The maximum absolute atomic E-state index is 4.08. The first-order valence-electron chi connectivity index (χ1n) is 10.6. The number of nitrogens with zero attached hydrogens (tertiary/aromatic N) is 5. The molecule has 0 N–H and O–H groups in total. The molecule has 27 heavy (non-hydrogen) atoms. The second-order valence-electron chi connectivity index (χ2n) is 8.35. The fraction of sp³-hybridized carbons (Fsp3) is 0.636. The zero-order valence-corrected chi connectivity index (χ0v) is 16.6. The Hall–Kier alpha value is -1.72. The maximum Gasteiger partial charge on any atom is 0.129 e. The van der Waals surface area contributed by atoms with Crippen molar-refractivity contribution in [3.8, 4) is 0 Å². The standard InChI is InChI=1S/C22H33N5/c1-19-24-23-18-27(19)16-15-25-11-7-21(8-12-25)22-9-13-26(14-10-22)17-20-5-3-2-4-6-20/h2-6,18,21-22H,7-17H2,1H3. The van der Waals surface area contributed by atoms with Gasteiger partial charge in [-0.2, -0.15) is 0 Å². The zero-order valence-electron chi connectivity index (χ0n) is 16.6. The van der Waals surface area contributed by atoms with E-state index in [1.165, 1.54) is 57.4 Å². The number of hydrogen-bond donors (Lipinski definition) is 0. The van der Waals surface area contributed by atoms with Crippen LogP contribution < -0.4 is 0 Å². The van der Waals surface area contributed by atoms with Crippen LogP contribution in [-0.4, -0.2) is 57.3 Å². The van der Waals surface area contributed by atoms with Crippen molar-refractivity contribution in [3.05, 3.63) is 48.0 Å². The molecular formula is C22H33N5. The Kier molecular flexibility index (Phi) is 6.20. The van der Waals surface area contributed by atoms with Crippen LogP contribution in [0.5, 0.6) is 0 Å². The summed E-state index contributed by atoms with van der Waals surface area (Å²) < 4.78 is 2.16. The minimum atomic E-state index is 0.941. The van der Waals surface area contributed by atoms with Gasteiger partial charge in [0.05, 0.1) is 0 Å². The summed E-state index contributed by atoms with van der Waals surface area (Å²) in [6.45, 7) is 10.4. The van der Waals surface area contributed by atoms with Gasteiger partial charge < -0.3 is 9.47 Å². The number of hydrogen-bond acceptors (Lipinski definition) is 4. The Morgan fingerprint density at radius 3 is 2.07 bits per heavy atom. The summed E-state index contributed by atoms with van der Waals surface area (Å²) in [5.41, 5.74) is 1.45. The molecule has 0 saturated carbocycles. The van der Waals surface area contributed by atoms with E-state index in [9.17, 15) is 0 Å². The minimum absolute atomic E-state index is 0.941. The highest BCUT2D eigenvalue weighted by molar-refractivity contribution is 5.14. The van der Waals surface area contributed by atoms with Crippen LogP contribution in [0.25, 0.3) is 0 Å². The van der Waals surface area contributed by atoms with Gasteiger partial charge in [0.25, 0.3) is 0 Å². The van der Waals surface area contributed by atoms with Crippen LogP contribution in [0.4, 0.5) is 0 Å². The molecule has 0 atom stereocenters. The molecule has 4 rings (SSSR count). The minimum Gasteiger partial charge on any atom is -0.317 e. The van der Waals surface area contributed by atoms with Gasteiger partial charge in [-0.05, 0) is 76.2 Å². The van der Waals surface area contributed by atoms with Gasteiger partial charge in [0, 0.05) is 19.6 Å². The molecule has 0 aliphatic carbocycles. The van der Waals surface area contributed by atoms with Crippen LogP contribution in [0.15, 0.2) is 36.7 Å². The third-order valence-corrected chi connectivity index (χ3v) is 6.65. The van der Waals surface area contributed by atoms with Gasteiger partial charge in [-0.1, -0.05) is 30.3 Å². The van der Waals surface area contributed by atoms with Gasteiger partial charge in [0.2, 0.25) is 0 Å². The van der Waals surface area contributed by atoms with Gasteiger partial charge in [-0.15, -0.1) is 10.2 Å². The summed E-state index contributed by atoms with van der Waals surface area (Å²) in [4.78, 5) is 5.27. The van der Waals surface area contributed by atoms with Crippen molar-refractivity contribution in [1.29, 1.82) is 0 Å². The highest BCUT2D eigenvalue weighted by atomic mass is 15.3. The van der Waals surface area contributed by atoms with Gasteiger partial charge in [-0.25, -0.2) is 0 Å². The first-order valence-corrected chi connectivity index (χ1v) is 10.6. The molecule has 1 aromatic carbocycles.